The molecule has 7 heteroatoms. The zero-order chi connectivity index (χ0) is 21.4. The van der Waals surface area contributed by atoms with Crippen LogP contribution in [0.1, 0.15) is 19.0 Å². The molecule has 4 aromatic heterocycles. The number of hydrogen-bond donors (Lipinski definition) is 3. The van der Waals surface area contributed by atoms with E-state index in [2.05, 4.69) is 55.3 Å². The lowest BCUT2D eigenvalue weighted by molar-refractivity contribution is 0.710. The third-order valence-corrected chi connectivity index (χ3v) is 5.69. The van der Waals surface area contributed by atoms with Crippen molar-refractivity contribution in [3.05, 3.63) is 71.0 Å². The Hall–Kier alpha value is -3.71. The minimum atomic E-state index is 0.868. The molecule has 0 spiro atoms. The molecule has 0 aliphatic carbocycles. The number of aryl methyl sites for hydroxylation is 1. The first-order valence-corrected chi connectivity index (χ1v) is 10.4. The highest BCUT2D eigenvalue weighted by atomic mass is 15.1. The molecule has 0 saturated heterocycles. The maximum absolute atomic E-state index is 4.63. The van der Waals surface area contributed by atoms with E-state index in [4.69, 9.17) is 0 Å². The smallest absolute Gasteiger partial charge is 0.116 e. The van der Waals surface area contributed by atoms with Crippen LogP contribution in [0.2, 0.25) is 0 Å². The van der Waals surface area contributed by atoms with Crippen molar-refractivity contribution in [1.82, 2.24) is 35.0 Å². The zero-order valence-corrected chi connectivity index (χ0v) is 17.7. The largest absolute Gasteiger partial charge is 0.352 e. The van der Waals surface area contributed by atoms with E-state index >= 15 is 0 Å². The molecule has 5 heterocycles. The summed E-state index contributed by atoms with van der Waals surface area (Å²) in [5.74, 6) is 0. The minimum Gasteiger partial charge on any atom is -0.352 e. The summed E-state index contributed by atoms with van der Waals surface area (Å²) in [7, 11) is 0. The van der Waals surface area contributed by atoms with Gasteiger partial charge in [-0.25, -0.2) is 4.98 Å². The summed E-state index contributed by atoms with van der Waals surface area (Å²) < 4.78 is 2.00. The number of allylic oxidation sites excluding steroid dienone is 1. The molecule has 0 fully saturated rings. The second-order valence-corrected chi connectivity index (χ2v) is 7.77. The Morgan fingerprint density at radius 1 is 1.29 bits per heavy atom. The fraction of sp³-hybridized carbons (Fsp3) is 0.208. The molecule has 156 valence electrons. The Morgan fingerprint density at radius 3 is 2.94 bits per heavy atom. The predicted octanol–water partition coefficient (Wildman–Crippen LogP) is 2.50. The van der Waals surface area contributed by atoms with Crippen molar-refractivity contribution < 1.29 is 0 Å². The monoisotopic (exact) mass is 411 g/mol. The lowest BCUT2D eigenvalue weighted by Gasteiger charge is -2.13. The van der Waals surface area contributed by atoms with Crippen LogP contribution in [0.15, 0.2) is 54.8 Å². The van der Waals surface area contributed by atoms with E-state index in [1.807, 2.05) is 49.4 Å². The van der Waals surface area contributed by atoms with Gasteiger partial charge < -0.3 is 14.9 Å². The van der Waals surface area contributed by atoms with Crippen LogP contribution >= 0.6 is 0 Å². The van der Waals surface area contributed by atoms with Crippen LogP contribution in [0.5, 0.6) is 0 Å². The van der Waals surface area contributed by atoms with Crippen LogP contribution in [0.25, 0.3) is 40.1 Å². The molecule has 0 atom stereocenters. The Balaban J connectivity index is 1.65. The average molecular weight is 412 g/mol. The average Bonchev–Trinajstić information content (AvgIpc) is 3.51. The number of hydrogen-bond acceptors (Lipinski definition) is 4. The highest BCUT2D eigenvalue weighted by Gasteiger charge is 2.13. The van der Waals surface area contributed by atoms with Gasteiger partial charge in [0, 0.05) is 23.3 Å². The summed E-state index contributed by atoms with van der Waals surface area (Å²) in [5, 5.41) is 14.2. The number of aromatic amines is 2. The molecule has 31 heavy (non-hydrogen) atoms. The van der Waals surface area contributed by atoms with Gasteiger partial charge in [-0.15, -0.1) is 0 Å². The lowest BCUT2D eigenvalue weighted by Crippen LogP contribution is -2.25. The number of aromatic nitrogens is 6. The lowest BCUT2D eigenvalue weighted by atomic mass is 10.0. The van der Waals surface area contributed by atoms with Crippen LogP contribution in [0, 0.1) is 6.92 Å². The Morgan fingerprint density at radius 2 is 2.19 bits per heavy atom. The van der Waals surface area contributed by atoms with E-state index in [9.17, 15) is 0 Å². The van der Waals surface area contributed by atoms with Gasteiger partial charge in [0.2, 0.25) is 0 Å². The summed E-state index contributed by atoms with van der Waals surface area (Å²) in [6, 6.07) is 2.13. The van der Waals surface area contributed by atoms with Crippen molar-refractivity contribution in [3.8, 4) is 17.1 Å². The van der Waals surface area contributed by atoms with Gasteiger partial charge in [-0.2, -0.15) is 5.10 Å². The van der Waals surface area contributed by atoms with E-state index < -0.39 is 0 Å². The van der Waals surface area contributed by atoms with E-state index in [1.54, 1.807) is 0 Å². The fourth-order valence-corrected chi connectivity index (χ4v) is 4.04. The van der Waals surface area contributed by atoms with Gasteiger partial charge in [0.25, 0.3) is 0 Å². The topological polar surface area (TPSA) is 87.2 Å². The highest BCUT2D eigenvalue weighted by molar-refractivity contribution is 5.91. The SMILES string of the molecule is C=C(/C=c1/c(-c2cc3c(-n4cnc(C)c4)cncc3[nH]2)n[nH]/c1=C/C)C1=CCNCC1. The van der Waals surface area contributed by atoms with Gasteiger partial charge in [0.05, 0.1) is 46.7 Å². The minimum absolute atomic E-state index is 0.868. The van der Waals surface area contributed by atoms with E-state index in [0.29, 0.717) is 0 Å². The number of nitrogens with zero attached hydrogens (tertiary/aromatic N) is 4. The van der Waals surface area contributed by atoms with E-state index in [-0.39, 0.29) is 0 Å². The summed E-state index contributed by atoms with van der Waals surface area (Å²) >= 11 is 0. The number of imidazole rings is 1. The molecule has 0 amide bonds. The zero-order valence-electron chi connectivity index (χ0n) is 17.7. The van der Waals surface area contributed by atoms with Crippen LogP contribution in [0.4, 0.5) is 0 Å². The number of nitrogens with one attached hydrogen (secondary N) is 3. The molecular formula is C24H25N7. The molecule has 3 N–H and O–H groups in total. The van der Waals surface area contributed by atoms with Gasteiger partial charge in [-0.1, -0.05) is 18.7 Å². The summed E-state index contributed by atoms with van der Waals surface area (Å²) in [6.07, 6.45) is 14.9. The predicted molar refractivity (Wildman–Crippen MR) is 124 cm³/mol. The quantitative estimate of drug-likeness (QED) is 0.482. The van der Waals surface area contributed by atoms with Crippen molar-refractivity contribution in [3.63, 3.8) is 0 Å². The van der Waals surface area contributed by atoms with Gasteiger partial charge in [-0.3, -0.25) is 10.1 Å². The van der Waals surface area contributed by atoms with Crippen LogP contribution in [-0.4, -0.2) is 42.8 Å². The second-order valence-electron chi connectivity index (χ2n) is 7.77. The van der Waals surface area contributed by atoms with Crippen LogP contribution < -0.4 is 15.9 Å². The Bertz CT molecular complexity index is 1430. The highest BCUT2D eigenvalue weighted by Crippen LogP contribution is 2.26. The van der Waals surface area contributed by atoms with Crippen LogP contribution in [-0.2, 0) is 0 Å². The van der Waals surface area contributed by atoms with Crippen molar-refractivity contribution in [2.75, 3.05) is 13.1 Å². The normalized spacial score (nSPS) is 15.6. The Labute approximate surface area is 179 Å². The molecule has 0 radical (unpaired) electrons. The molecule has 7 nitrogen and oxygen atoms in total. The third kappa shape index (κ3) is 3.53. The third-order valence-electron chi connectivity index (χ3n) is 5.69. The van der Waals surface area contributed by atoms with Gasteiger partial charge >= 0.3 is 0 Å². The molecule has 1 aliphatic heterocycles. The van der Waals surface area contributed by atoms with Gasteiger partial charge in [0.1, 0.15) is 5.69 Å². The summed E-state index contributed by atoms with van der Waals surface area (Å²) in [6.45, 7) is 10.2. The maximum atomic E-state index is 4.63. The maximum Gasteiger partial charge on any atom is 0.116 e. The number of rotatable bonds is 4. The van der Waals surface area contributed by atoms with Crippen LogP contribution in [0.3, 0.4) is 0 Å². The molecule has 0 aromatic carbocycles. The molecule has 1 aliphatic rings. The first kappa shape index (κ1) is 19.3. The standard InChI is InChI=1S/C24H25N7/c1-4-20-19(9-15(2)17-5-7-25-8-6-17)24(30-29-20)21-10-18-22(28-21)11-26-12-23(18)31-13-16(3)27-14-31/h4-5,9-14,25,28-29H,2,6-8H2,1,3H3/b19-9+,20-4+. The second kappa shape index (κ2) is 7.85. The number of H-pyrrole nitrogens is 2. The first-order valence-electron chi connectivity index (χ1n) is 10.4. The molecule has 5 rings (SSSR count). The molecule has 0 unspecified atom stereocenters. The molecule has 4 aromatic rings. The van der Waals surface area contributed by atoms with Gasteiger partial charge in [-0.05, 0) is 50.1 Å². The van der Waals surface area contributed by atoms with E-state index in [0.717, 1.165) is 69.3 Å². The molecule has 0 saturated carbocycles. The van der Waals surface area contributed by atoms with Gasteiger partial charge in [0.15, 0.2) is 0 Å². The summed E-state index contributed by atoms with van der Waals surface area (Å²) in [5.41, 5.74) is 7.01. The summed E-state index contributed by atoms with van der Waals surface area (Å²) in [4.78, 5) is 12.3. The number of pyridine rings is 1. The van der Waals surface area contributed by atoms with Crippen molar-refractivity contribution in [2.24, 2.45) is 0 Å². The number of fused-ring (bicyclic) bond motifs is 1. The van der Waals surface area contributed by atoms with Crippen molar-refractivity contribution in [1.29, 1.82) is 0 Å². The fourth-order valence-electron chi connectivity index (χ4n) is 4.04. The molecule has 0 bridgehead atoms. The first-order chi connectivity index (χ1) is 15.1. The van der Waals surface area contributed by atoms with Crippen molar-refractivity contribution >= 4 is 23.1 Å². The van der Waals surface area contributed by atoms with Crippen molar-refractivity contribution in [2.45, 2.75) is 20.3 Å². The van der Waals surface area contributed by atoms with E-state index in [1.165, 1.54) is 5.57 Å². The Kier molecular flexibility index (Phi) is 4.88. The molecular weight excluding hydrogens is 386 g/mol.